The molecule has 2 aliphatic rings. The van der Waals surface area contributed by atoms with Gasteiger partial charge in [0.2, 0.25) is 0 Å². The number of hydrogen-bond donors (Lipinski definition) is 0. The van der Waals surface area contributed by atoms with Crippen LogP contribution in [0.4, 0.5) is 0 Å². The Kier molecular flexibility index (Phi) is 4.73. The van der Waals surface area contributed by atoms with Crippen molar-refractivity contribution in [2.24, 2.45) is 0 Å². The molecular weight excluding hydrogens is 227 g/mol. The van der Waals surface area contributed by atoms with Gasteiger partial charge in [0.1, 0.15) is 0 Å². The molecule has 0 aromatic heterocycles. The van der Waals surface area contributed by atoms with Crippen molar-refractivity contribution in [2.75, 3.05) is 13.2 Å². The zero-order chi connectivity index (χ0) is 12.3. The van der Waals surface area contributed by atoms with Crippen LogP contribution in [0.25, 0.3) is 0 Å². The molecular formula is C13H27BO2Si. The third-order valence-corrected chi connectivity index (χ3v) is 5.23. The third-order valence-electron chi connectivity index (χ3n) is 4.16. The van der Waals surface area contributed by atoms with Crippen LogP contribution in [0, 0.1) is 0 Å². The third kappa shape index (κ3) is 4.11. The smallest absolute Gasteiger partial charge is 0.299 e. The zero-order valence-corrected chi connectivity index (χ0v) is 12.7. The van der Waals surface area contributed by atoms with Gasteiger partial charge in [0, 0.05) is 0 Å². The van der Waals surface area contributed by atoms with Crippen LogP contribution in [0.5, 0.6) is 0 Å². The molecule has 2 rings (SSSR count). The Bertz CT molecular complexity index is 220. The SMILES string of the molecule is C[Si](C)(C)OCCOB1C2CCCC1CCC2. The van der Waals surface area contributed by atoms with Gasteiger partial charge in [0.25, 0.3) is 6.92 Å². The van der Waals surface area contributed by atoms with E-state index >= 15 is 0 Å². The fraction of sp³-hybridized carbons (Fsp3) is 1.00. The number of fused-ring (bicyclic) bond motifs is 2. The lowest BCUT2D eigenvalue weighted by molar-refractivity contribution is 0.195. The summed E-state index contributed by atoms with van der Waals surface area (Å²) in [5.41, 5.74) is 0. The Morgan fingerprint density at radius 2 is 1.47 bits per heavy atom. The summed E-state index contributed by atoms with van der Waals surface area (Å²) in [5, 5.41) is 0. The van der Waals surface area contributed by atoms with E-state index in [0.717, 1.165) is 24.8 Å². The van der Waals surface area contributed by atoms with Crippen LogP contribution in [-0.2, 0) is 9.08 Å². The van der Waals surface area contributed by atoms with Crippen LogP contribution in [-0.4, -0.2) is 28.4 Å². The minimum atomic E-state index is -1.35. The second-order valence-corrected chi connectivity index (χ2v) is 11.2. The van der Waals surface area contributed by atoms with Crippen LogP contribution < -0.4 is 0 Å². The largest absolute Gasteiger partial charge is 0.433 e. The first-order chi connectivity index (χ1) is 8.06. The molecule has 0 atom stereocenters. The van der Waals surface area contributed by atoms with Gasteiger partial charge in [-0.1, -0.05) is 38.5 Å². The van der Waals surface area contributed by atoms with Gasteiger partial charge in [-0.3, -0.25) is 0 Å². The standard InChI is InChI=1S/C13H27BO2Si/c1-17(2,3)16-11-10-15-14-12-6-4-7-13(14)9-5-8-12/h12-13H,4-11H2,1-3H3. The molecule has 0 amide bonds. The molecule has 0 unspecified atom stereocenters. The quantitative estimate of drug-likeness (QED) is 0.546. The maximum absolute atomic E-state index is 6.14. The lowest BCUT2D eigenvalue weighted by Gasteiger charge is -2.39. The Hall–Kier alpha value is 0.202. The van der Waals surface area contributed by atoms with E-state index in [-0.39, 0.29) is 0 Å². The van der Waals surface area contributed by atoms with Crippen LogP contribution in [0.3, 0.4) is 0 Å². The molecule has 17 heavy (non-hydrogen) atoms. The van der Waals surface area contributed by atoms with Crippen molar-refractivity contribution in [1.29, 1.82) is 0 Å². The van der Waals surface area contributed by atoms with E-state index in [0.29, 0.717) is 6.92 Å². The van der Waals surface area contributed by atoms with E-state index in [2.05, 4.69) is 19.6 Å². The van der Waals surface area contributed by atoms with Gasteiger partial charge in [-0.2, -0.15) is 0 Å². The van der Waals surface area contributed by atoms with Crippen molar-refractivity contribution in [3.63, 3.8) is 0 Å². The average Bonchev–Trinajstić information content (AvgIpc) is 2.22. The monoisotopic (exact) mass is 254 g/mol. The van der Waals surface area contributed by atoms with Crippen molar-refractivity contribution >= 4 is 15.2 Å². The molecule has 0 aromatic carbocycles. The molecule has 0 aliphatic carbocycles. The van der Waals surface area contributed by atoms with Crippen molar-refractivity contribution < 1.29 is 9.08 Å². The molecule has 4 heteroatoms. The summed E-state index contributed by atoms with van der Waals surface area (Å²) in [6, 6.07) is 0. The Balaban J connectivity index is 1.71. The lowest BCUT2D eigenvalue weighted by Crippen LogP contribution is -2.38. The fourth-order valence-corrected chi connectivity index (χ4v) is 4.12. The normalized spacial score (nSPS) is 29.5. The van der Waals surface area contributed by atoms with Crippen molar-refractivity contribution in [2.45, 2.75) is 69.8 Å². The van der Waals surface area contributed by atoms with E-state index in [9.17, 15) is 0 Å². The van der Waals surface area contributed by atoms with Gasteiger partial charge in [0.05, 0.1) is 13.2 Å². The number of rotatable bonds is 5. The van der Waals surface area contributed by atoms with Crippen LogP contribution in [0.2, 0.25) is 31.3 Å². The van der Waals surface area contributed by atoms with Gasteiger partial charge in [-0.05, 0) is 31.3 Å². The molecule has 2 saturated heterocycles. The van der Waals surface area contributed by atoms with Crippen molar-refractivity contribution in [3.8, 4) is 0 Å². The Labute approximate surface area is 108 Å². The highest BCUT2D eigenvalue weighted by atomic mass is 28.4. The molecule has 98 valence electrons. The summed E-state index contributed by atoms with van der Waals surface area (Å²) in [7, 11) is -1.35. The fourth-order valence-electron chi connectivity index (χ4n) is 3.42. The summed E-state index contributed by atoms with van der Waals surface area (Å²) in [6.07, 6.45) is 8.46. The van der Waals surface area contributed by atoms with Gasteiger partial charge < -0.3 is 9.08 Å². The van der Waals surface area contributed by atoms with Gasteiger partial charge in [0.15, 0.2) is 8.32 Å². The highest BCUT2D eigenvalue weighted by Crippen LogP contribution is 2.46. The second kappa shape index (κ2) is 5.90. The summed E-state index contributed by atoms with van der Waals surface area (Å²) in [5.74, 6) is 1.71. The highest BCUT2D eigenvalue weighted by molar-refractivity contribution is 6.69. The summed E-state index contributed by atoms with van der Waals surface area (Å²) in [4.78, 5) is 0. The van der Waals surface area contributed by atoms with Crippen LogP contribution in [0.15, 0.2) is 0 Å². The van der Waals surface area contributed by atoms with Crippen molar-refractivity contribution in [3.05, 3.63) is 0 Å². The molecule has 0 radical (unpaired) electrons. The average molecular weight is 254 g/mol. The Morgan fingerprint density at radius 3 is 1.94 bits per heavy atom. The maximum atomic E-state index is 6.14. The van der Waals surface area contributed by atoms with Crippen LogP contribution in [0.1, 0.15) is 38.5 Å². The molecule has 0 aromatic rings. The first-order valence-electron chi connectivity index (χ1n) is 7.32. The molecule has 0 N–H and O–H groups in total. The van der Waals surface area contributed by atoms with E-state index in [4.69, 9.17) is 9.08 Å². The second-order valence-electron chi connectivity index (χ2n) is 6.68. The molecule has 2 nitrogen and oxygen atoms in total. The first-order valence-corrected chi connectivity index (χ1v) is 10.7. The predicted octanol–water partition coefficient (Wildman–Crippen LogP) is 3.95. The minimum Gasteiger partial charge on any atom is -0.433 e. The molecule has 2 aliphatic heterocycles. The zero-order valence-electron chi connectivity index (χ0n) is 11.7. The van der Waals surface area contributed by atoms with Crippen molar-refractivity contribution in [1.82, 2.24) is 0 Å². The molecule has 0 spiro atoms. The topological polar surface area (TPSA) is 18.5 Å². The van der Waals surface area contributed by atoms with Gasteiger partial charge >= 0.3 is 0 Å². The van der Waals surface area contributed by atoms with Gasteiger partial charge in [-0.15, -0.1) is 0 Å². The summed E-state index contributed by atoms with van der Waals surface area (Å²) in [6.45, 7) is 8.88. The van der Waals surface area contributed by atoms with E-state index in [1.54, 1.807) is 0 Å². The number of hydrogen-bond acceptors (Lipinski definition) is 2. The van der Waals surface area contributed by atoms with E-state index < -0.39 is 8.32 Å². The molecule has 0 saturated carbocycles. The lowest BCUT2D eigenvalue weighted by atomic mass is 9.38. The van der Waals surface area contributed by atoms with E-state index in [1.807, 2.05) is 0 Å². The summed E-state index contributed by atoms with van der Waals surface area (Å²) < 4.78 is 12.0. The Morgan fingerprint density at radius 1 is 0.941 bits per heavy atom. The molecule has 2 bridgehead atoms. The van der Waals surface area contributed by atoms with Crippen LogP contribution >= 0.6 is 0 Å². The van der Waals surface area contributed by atoms with Gasteiger partial charge in [-0.25, -0.2) is 0 Å². The minimum absolute atomic E-state index is 0.558. The summed E-state index contributed by atoms with van der Waals surface area (Å²) >= 11 is 0. The first kappa shape index (κ1) is 13.6. The predicted molar refractivity (Wildman–Crippen MR) is 76.2 cm³/mol. The molecule has 2 fully saturated rings. The van der Waals surface area contributed by atoms with E-state index in [1.165, 1.54) is 38.5 Å². The maximum Gasteiger partial charge on any atom is 0.299 e. The highest BCUT2D eigenvalue weighted by Gasteiger charge is 2.40. The molecule has 2 heterocycles.